The molecular formula is C20H23NO3. The number of aryl methyl sites for hydroxylation is 3. The zero-order valence-corrected chi connectivity index (χ0v) is 14.6. The summed E-state index contributed by atoms with van der Waals surface area (Å²) in [4.78, 5) is 16.7. The zero-order chi connectivity index (χ0) is 17.5. The first-order valence-electron chi connectivity index (χ1n) is 7.93. The molecule has 0 N–H and O–H groups in total. The summed E-state index contributed by atoms with van der Waals surface area (Å²) in [6.45, 7) is 7.73. The summed E-state index contributed by atoms with van der Waals surface area (Å²) in [5.41, 5.74) is 5.32. The van der Waals surface area contributed by atoms with Crippen LogP contribution in [0.2, 0.25) is 0 Å². The topological polar surface area (TPSA) is 47.9 Å². The second-order valence-electron chi connectivity index (χ2n) is 5.95. The number of hydrogen-bond donors (Lipinski definition) is 0. The Balaban J connectivity index is 1.85. The van der Waals surface area contributed by atoms with Gasteiger partial charge in [-0.3, -0.25) is 0 Å². The maximum atomic E-state index is 11.7. The van der Waals surface area contributed by atoms with E-state index in [1.165, 1.54) is 16.7 Å². The van der Waals surface area contributed by atoms with Crippen LogP contribution in [0.5, 0.6) is 5.75 Å². The van der Waals surface area contributed by atoms with Gasteiger partial charge in [-0.25, -0.2) is 4.79 Å². The number of para-hydroxylation sites is 1. The zero-order valence-electron chi connectivity index (χ0n) is 14.6. The third-order valence-electron chi connectivity index (χ3n) is 3.69. The third-order valence-corrected chi connectivity index (χ3v) is 3.69. The van der Waals surface area contributed by atoms with Gasteiger partial charge < -0.3 is 9.57 Å². The first kappa shape index (κ1) is 17.7. The molecule has 0 heterocycles. The Kier molecular flexibility index (Phi) is 6.13. The van der Waals surface area contributed by atoms with E-state index in [4.69, 9.17) is 9.57 Å². The van der Waals surface area contributed by atoms with Crippen molar-refractivity contribution in [2.75, 3.05) is 6.61 Å². The van der Waals surface area contributed by atoms with Gasteiger partial charge in [-0.2, -0.15) is 0 Å². The van der Waals surface area contributed by atoms with Crippen molar-refractivity contribution < 1.29 is 14.4 Å². The molecule has 2 aromatic rings. The largest absolute Gasteiger partial charge is 0.482 e. The average molecular weight is 325 g/mol. The first-order valence-corrected chi connectivity index (χ1v) is 7.93. The first-order chi connectivity index (χ1) is 11.5. The van der Waals surface area contributed by atoms with Crippen molar-refractivity contribution in [3.05, 3.63) is 64.7 Å². The van der Waals surface area contributed by atoms with Crippen LogP contribution in [0.25, 0.3) is 0 Å². The van der Waals surface area contributed by atoms with Gasteiger partial charge >= 0.3 is 5.97 Å². The molecule has 0 spiro atoms. The van der Waals surface area contributed by atoms with Gasteiger partial charge in [-0.05, 0) is 50.5 Å². The van der Waals surface area contributed by atoms with Crippen LogP contribution >= 0.6 is 0 Å². The van der Waals surface area contributed by atoms with Crippen molar-refractivity contribution in [2.45, 2.75) is 34.1 Å². The number of nitrogens with zero attached hydrogens (tertiary/aromatic N) is 1. The molecule has 4 heteroatoms. The number of rotatable bonds is 6. The van der Waals surface area contributed by atoms with Gasteiger partial charge in [0.1, 0.15) is 5.75 Å². The van der Waals surface area contributed by atoms with Crippen molar-refractivity contribution in [1.29, 1.82) is 0 Å². The molecular weight excluding hydrogens is 302 g/mol. The standard InChI is InChI=1S/C20H23NO3/c1-14-9-10-18(16(3)11-14)12-17(4)21-24-20(22)13-23-19-8-6-5-7-15(19)2/h5-11H,12-13H2,1-4H3/b21-17+. The van der Waals surface area contributed by atoms with Crippen LogP contribution in [-0.2, 0) is 16.1 Å². The molecule has 4 nitrogen and oxygen atoms in total. The van der Waals surface area contributed by atoms with Crippen molar-refractivity contribution in [3.8, 4) is 5.75 Å². The molecule has 0 aliphatic heterocycles. The second kappa shape index (κ2) is 8.29. The van der Waals surface area contributed by atoms with Gasteiger partial charge in [-0.1, -0.05) is 47.1 Å². The van der Waals surface area contributed by atoms with Crippen LogP contribution in [0.15, 0.2) is 47.6 Å². The van der Waals surface area contributed by atoms with Crippen LogP contribution in [0.4, 0.5) is 0 Å². The minimum atomic E-state index is -0.516. The highest BCUT2D eigenvalue weighted by Gasteiger charge is 2.07. The number of oxime groups is 1. The molecule has 0 radical (unpaired) electrons. The Morgan fingerprint density at radius 2 is 1.79 bits per heavy atom. The highest BCUT2D eigenvalue weighted by Crippen LogP contribution is 2.16. The van der Waals surface area contributed by atoms with E-state index >= 15 is 0 Å². The highest BCUT2D eigenvalue weighted by molar-refractivity contribution is 5.84. The molecule has 0 aromatic heterocycles. The van der Waals surface area contributed by atoms with E-state index in [0.717, 1.165) is 11.3 Å². The van der Waals surface area contributed by atoms with Crippen LogP contribution in [0.1, 0.15) is 29.2 Å². The number of benzene rings is 2. The average Bonchev–Trinajstić information content (AvgIpc) is 2.55. The summed E-state index contributed by atoms with van der Waals surface area (Å²) < 4.78 is 5.44. The molecule has 2 aromatic carbocycles. The summed E-state index contributed by atoms with van der Waals surface area (Å²) in [6, 6.07) is 13.8. The SMILES string of the molecule is C/C(Cc1ccc(C)cc1C)=N\OC(=O)COc1ccccc1C. The lowest BCUT2D eigenvalue weighted by atomic mass is 10.0. The van der Waals surface area contributed by atoms with Crippen LogP contribution in [0, 0.1) is 20.8 Å². The monoisotopic (exact) mass is 325 g/mol. The number of ether oxygens (including phenoxy) is 1. The lowest BCUT2D eigenvalue weighted by molar-refractivity contribution is -0.146. The molecule has 0 unspecified atom stereocenters. The third kappa shape index (κ3) is 5.23. The Labute approximate surface area is 143 Å². The smallest absolute Gasteiger partial charge is 0.372 e. The highest BCUT2D eigenvalue weighted by atomic mass is 16.7. The minimum Gasteiger partial charge on any atom is -0.482 e. The molecule has 0 bridgehead atoms. The normalized spacial score (nSPS) is 11.2. The molecule has 0 saturated heterocycles. The van der Waals surface area contributed by atoms with Crippen LogP contribution in [0.3, 0.4) is 0 Å². The van der Waals surface area contributed by atoms with E-state index in [2.05, 4.69) is 37.2 Å². The van der Waals surface area contributed by atoms with Crippen molar-refractivity contribution >= 4 is 11.7 Å². The van der Waals surface area contributed by atoms with Gasteiger partial charge in [0, 0.05) is 6.42 Å². The van der Waals surface area contributed by atoms with Gasteiger partial charge in [0.05, 0.1) is 5.71 Å². The van der Waals surface area contributed by atoms with E-state index in [0.29, 0.717) is 12.2 Å². The Morgan fingerprint density at radius 3 is 2.50 bits per heavy atom. The minimum absolute atomic E-state index is 0.162. The number of carbonyl (C=O) groups is 1. The van der Waals surface area contributed by atoms with E-state index in [1.807, 2.05) is 38.1 Å². The fourth-order valence-electron chi connectivity index (χ4n) is 2.36. The predicted octanol–water partition coefficient (Wildman–Crippen LogP) is 4.15. The van der Waals surface area contributed by atoms with Crippen LogP contribution in [-0.4, -0.2) is 18.3 Å². The van der Waals surface area contributed by atoms with Gasteiger partial charge in [0.2, 0.25) is 0 Å². The molecule has 0 aliphatic rings. The van der Waals surface area contributed by atoms with E-state index in [-0.39, 0.29) is 6.61 Å². The molecule has 126 valence electrons. The quantitative estimate of drug-likeness (QED) is 0.455. The van der Waals surface area contributed by atoms with Crippen molar-refractivity contribution in [3.63, 3.8) is 0 Å². The van der Waals surface area contributed by atoms with Crippen LogP contribution < -0.4 is 4.74 Å². The van der Waals surface area contributed by atoms with Crippen molar-refractivity contribution in [1.82, 2.24) is 0 Å². The fraction of sp³-hybridized carbons (Fsp3) is 0.300. The van der Waals surface area contributed by atoms with E-state index < -0.39 is 5.97 Å². The van der Waals surface area contributed by atoms with Gasteiger partial charge in [-0.15, -0.1) is 0 Å². The predicted molar refractivity (Wildman–Crippen MR) is 95.5 cm³/mol. The molecule has 24 heavy (non-hydrogen) atoms. The summed E-state index contributed by atoms with van der Waals surface area (Å²) >= 11 is 0. The summed E-state index contributed by atoms with van der Waals surface area (Å²) in [5.74, 6) is 0.156. The van der Waals surface area contributed by atoms with E-state index in [9.17, 15) is 4.79 Å². The Bertz CT molecular complexity index is 750. The summed E-state index contributed by atoms with van der Waals surface area (Å²) in [5, 5.41) is 3.90. The van der Waals surface area contributed by atoms with Gasteiger partial charge in [0.15, 0.2) is 6.61 Å². The number of hydrogen-bond acceptors (Lipinski definition) is 4. The Morgan fingerprint density at radius 1 is 1.04 bits per heavy atom. The summed E-state index contributed by atoms with van der Waals surface area (Å²) in [7, 11) is 0. The van der Waals surface area contributed by atoms with Gasteiger partial charge in [0.25, 0.3) is 0 Å². The molecule has 0 atom stereocenters. The number of carbonyl (C=O) groups excluding carboxylic acids is 1. The second-order valence-corrected chi connectivity index (χ2v) is 5.95. The van der Waals surface area contributed by atoms with E-state index in [1.54, 1.807) is 0 Å². The molecule has 0 saturated carbocycles. The lowest BCUT2D eigenvalue weighted by Gasteiger charge is -2.08. The summed E-state index contributed by atoms with van der Waals surface area (Å²) in [6.07, 6.45) is 0.651. The molecule has 0 aliphatic carbocycles. The maximum absolute atomic E-state index is 11.7. The molecule has 2 rings (SSSR count). The lowest BCUT2D eigenvalue weighted by Crippen LogP contribution is -2.14. The fourth-order valence-corrected chi connectivity index (χ4v) is 2.36. The molecule has 0 amide bonds. The van der Waals surface area contributed by atoms with Crippen molar-refractivity contribution in [2.24, 2.45) is 5.16 Å². The Hall–Kier alpha value is -2.62. The maximum Gasteiger partial charge on any atom is 0.372 e. The molecule has 0 fully saturated rings.